The van der Waals surface area contributed by atoms with Crippen molar-refractivity contribution in [1.82, 2.24) is 5.32 Å². The van der Waals surface area contributed by atoms with Crippen molar-refractivity contribution in [2.24, 2.45) is 5.92 Å². The molecule has 0 amide bonds. The summed E-state index contributed by atoms with van der Waals surface area (Å²) in [5.41, 5.74) is -0.154. The minimum atomic E-state index is -0.154. The molecule has 84 valence electrons. The molecule has 1 aliphatic carbocycles. The van der Waals surface area contributed by atoms with Crippen LogP contribution in [0.3, 0.4) is 0 Å². The molecule has 1 heterocycles. The molecule has 0 aliphatic heterocycles. The second-order valence-corrected chi connectivity index (χ2v) is 5.19. The van der Waals surface area contributed by atoms with E-state index in [1.165, 1.54) is 12.8 Å². The summed E-state index contributed by atoms with van der Waals surface area (Å²) in [5, 5.41) is 12.7. The molecule has 1 aromatic rings. The van der Waals surface area contributed by atoms with Crippen LogP contribution >= 0.6 is 15.9 Å². The van der Waals surface area contributed by atoms with Gasteiger partial charge in [-0.1, -0.05) is 0 Å². The molecular weight excluding hydrogens is 258 g/mol. The van der Waals surface area contributed by atoms with Gasteiger partial charge in [0.25, 0.3) is 0 Å². The van der Waals surface area contributed by atoms with Gasteiger partial charge in [0.2, 0.25) is 0 Å². The van der Waals surface area contributed by atoms with E-state index in [-0.39, 0.29) is 12.1 Å². The molecule has 2 N–H and O–H groups in total. The lowest BCUT2D eigenvalue weighted by Crippen LogP contribution is -2.47. The topological polar surface area (TPSA) is 45.4 Å². The molecule has 1 aromatic heterocycles. The molecule has 1 fully saturated rings. The fraction of sp³-hybridized carbons (Fsp3) is 0.636. The first-order valence-corrected chi connectivity index (χ1v) is 6.03. The van der Waals surface area contributed by atoms with Gasteiger partial charge in [-0.25, -0.2) is 0 Å². The van der Waals surface area contributed by atoms with Gasteiger partial charge in [-0.05, 0) is 53.7 Å². The van der Waals surface area contributed by atoms with Crippen molar-refractivity contribution < 1.29 is 9.52 Å². The normalized spacial score (nSPS) is 20.2. The maximum absolute atomic E-state index is 9.38. The Kier molecular flexibility index (Phi) is 3.19. The standard InChI is InChI=1S/C11H16BrNO2/c1-11(7-14,8-2-3-8)13-6-9-4-5-10(12)15-9/h4-5,8,13-14H,2-3,6-7H2,1H3. The Labute approximate surface area is 98.0 Å². The summed E-state index contributed by atoms with van der Waals surface area (Å²) < 4.78 is 6.14. The molecule has 1 saturated carbocycles. The Morgan fingerprint density at radius 3 is 2.80 bits per heavy atom. The highest BCUT2D eigenvalue weighted by molar-refractivity contribution is 9.10. The van der Waals surface area contributed by atoms with Crippen LogP contribution in [0.25, 0.3) is 0 Å². The van der Waals surface area contributed by atoms with Gasteiger partial charge in [-0.3, -0.25) is 0 Å². The zero-order valence-corrected chi connectivity index (χ0v) is 10.4. The van der Waals surface area contributed by atoms with Crippen LogP contribution in [0.1, 0.15) is 25.5 Å². The Morgan fingerprint density at radius 1 is 1.60 bits per heavy atom. The maximum atomic E-state index is 9.38. The summed E-state index contributed by atoms with van der Waals surface area (Å²) >= 11 is 3.27. The van der Waals surface area contributed by atoms with Crippen molar-refractivity contribution in [3.8, 4) is 0 Å². The number of nitrogens with one attached hydrogen (secondary N) is 1. The first-order chi connectivity index (χ1) is 7.14. The van der Waals surface area contributed by atoms with Crippen molar-refractivity contribution in [2.45, 2.75) is 31.8 Å². The number of hydrogen-bond acceptors (Lipinski definition) is 3. The van der Waals surface area contributed by atoms with Crippen LogP contribution in [0.2, 0.25) is 0 Å². The van der Waals surface area contributed by atoms with E-state index in [9.17, 15) is 5.11 Å². The number of furan rings is 1. The number of rotatable bonds is 5. The van der Waals surface area contributed by atoms with E-state index in [1.54, 1.807) is 0 Å². The van der Waals surface area contributed by atoms with E-state index in [0.717, 1.165) is 10.4 Å². The molecule has 1 unspecified atom stereocenters. The van der Waals surface area contributed by atoms with Crippen LogP contribution in [-0.2, 0) is 6.54 Å². The van der Waals surface area contributed by atoms with Crippen molar-refractivity contribution in [1.29, 1.82) is 0 Å². The minimum Gasteiger partial charge on any atom is -0.453 e. The third kappa shape index (κ3) is 2.62. The van der Waals surface area contributed by atoms with Crippen LogP contribution in [0.5, 0.6) is 0 Å². The Balaban J connectivity index is 1.91. The van der Waals surface area contributed by atoms with Crippen LogP contribution in [-0.4, -0.2) is 17.3 Å². The second-order valence-electron chi connectivity index (χ2n) is 4.41. The lowest BCUT2D eigenvalue weighted by molar-refractivity contribution is 0.151. The molecule has 0 aromatic carbocycles. The monoisotopic (exact) mass is 273 g/mol. The van der Waals surface area contributed by atoms with E-state index in [1.807, 2.05) is 12.1 Å². The molecule has 0 radical (unpaired) electrons. The van der Waals surface area contributed by atoms with Gasteiger partial charge in [0, 0.05) is 5.54 Å². The van der Waals surface area contributed by atoms with Gasteiger partial charge in [-0.15, -0.1) is 0 Å². The second kappa shape index (κ2) is 4.28. The predicted molar refractivity (Wildman–Crippen MR) is 61.5 cm³/mol. The first kappa shape index (κ1) is 11.2. The molecule has 0 bridgehead atoms. The van der Waals surface area contributed by atoms with Gasteiger partial charge in [0.05, 0.1) is 13.2 Å². The van der Waals surface area contributed by atoms with Crippen LogP contribution in [0.15, 0.2) is 21.2 Å². The maximum Gasteiger partial charge on any atom is 0.169 e. The fourth-order valence-electron chi connectivity index (χ4n) is 1.79. The molecule has 4 heteroatoms. The summed E-state index contributed by atoms with van der Waals surface area (Å²) in [4.78, 5) is 0. The lowest BCUT2D eigenvalue weighted by Gasteiger charge is -2.28. The molecule has 1 aliphatic rings. The zero-order valence-electron chi connectivity index (χ0n) is 8.79. The highest BCUT2D eigenvalue weighted by Gasteiger charge is 2.40. The molecule has 15 heavy (non-hydrogen) atoms. The number of aliphatic hydroxyl groups excluding tert-OH is 1. The number of aliphatic hydroxyl groups is 1. The van der Waals surface area contributed by atoms with E-state index < -0.39 is 0 Å². The average molecular weight is 274 g/mol. The minimum absolute atomic E-state index is 0.154. The molecule has 0 spiro atoms. The van der Waals surface area contributed by atoms with E-state index in [4.69, 9.17) is 4.42 Å². The smallest absolute Gasteiger partial charge is 0.169 e. The lowest BCUT2D eigenvalue weighted by atomic mass is 9.97. The third-order valence-electron chi connectivity index (χ3n) is 3.10. The Morgan fingerprint density at radius 2 is 2.33 bits per heavy atom. The summed E-state index contributed by atoms with van der Waals surface area (Å²) in [6.07, 6.45) is 2.43. The summed E-state index contributed by atoms with van der Waals surface area (Å²) in [5.74, 6) is 1.50. The summed E-state index contributed by atoms with van der Waals surface area (Å²) in [6.45, 7) is 2.92. The molecular formula is C11H16BrNO2. The Hall–Kier alpha value is -0.320. The van der Waals surface area contributed by atoms with Gasteiger partial charge in [0.15, 0.2) is 4.67 Å². The van der Waals surface area contributed by atoms with Gasteiger partial charge in [-0.2, -0.15) is 0 Å². The third-order valence-corrected chi connectivity index (χ3v) is 3.53. The largest absolute Gasteiger partial charge is 0.453 e. The first-order valence-electron chi connectivity index (χ1n) is 5.24. The number of halogens is 1. The SMILES string of the molecule is CC(CO)(NCc1ccc(Br)o1)C1CC1. The van der Waals surface area contributed by atoms with Crippen LogP contribution < -0.4 is 5.32 Å². The fourth-order valence-corrected chi connectivity index (χ4v) is 2.13. The molecule has 1 atom stereocenters. The van der Waals surface area contributed by atoms with Crippen molar-refractivity contribution in [3.63, 3.8) is 0 Å². The zero-order chi connectivity index (χ0) is 10.9. The highest BCUT2D eigenvalue weighted by Crippen LogP contribution is 2.39. The van der Waals surface area contributed by atoms with E-state index in [2.05, 4.69) is 28.2 Å². The molecule has 0 saturated heterocycles. The van der Waals surface area contributed by atoms with Gasteiger partial charge >= 0.3 is 0 Å². The summed E-state index contributed by atoms with van der Waals surface area (Å²) in [7, 11) is 0. The molecule has 2 rings (SSSR count). The quantitative estimate of drug-likeness (QED) is 0.866. The molecule has 3 nitrogen and oxygen atoms in total. The highest BCUT2D eigenvalue weighted by atomic mass is 79.9. The van der Waals surface area contributed by atoms with Crippen LogP contribution in [0, 0.1) is 5.92 Å². The summed E-state index contributed by atoms with van der Waals surface area (Å²) in [6, 6.07) is 3.81. The van der Waals surface area contributed by atoms with Crippen molar-refractivity contribution in [2.75, 3.05) is 6.61 Å². The average Bonchev–Trinajstić information content (AvgIpc) is 3.00. The van der Waals surface area contributed by atoms with Crippen molar-refractivity contribution in [3.05, 3.63) is 22.6 Å². The van der Waals surface area contributed by atoms with E-state index >= 15 is 0 Å². The number of hydrogen-bond donors (Lipinski definition) is 2. The Bertz CT molecular complexity index is 335. The van der Waals surface area contributed by atoms with Gasteiger partial charge in [0.1, 0.15) is 5.76 Å². The van der Waals surface area contributed by atoms with Crippen molar-refractivity contribution >= 4 is 15.9 Å². The predicted octanol–water partition coefficient (Wildman–Crippen LogP) is 2.29. The van der Waals surface area contributed by atoms with E-state index in [0.29, 0.717) is 12.5 Å². The van der Waals surface area contributed by atoms with Gasteiger partial charge < -0.3 is 14.8 Å². The van der Waals surface area contributed by atoms with Crippen LogP contribution in [0.4, 0.5) is 0 Å².